The highest BCUT2D eigenvalue weighted by molar-refractivity contribution is 7.86. The first-order valence-corrected chi connectivity index (χ1v) is 7.61. The number of nitrogens with zero attached hydrogens (tertiary/aromatic N) is 3. The molecule has 0 saturated carbocycles. The van der Waals surface area contributed by atoms with Gasteiger partial charge in [-0.25, -0.2) is 5.14 Å². The molecule has 0 atom stereocenters. The first-order valence-electron chi connectivity index (χ1n) is 6.11. The number of nitro benzene ring substituents is 1. The van der Waals surface area contributed by atoms with Crippen molar-refractivity contribution < 1.29 is 18.1 Å². The maximum atomic E-state index is 12.3. The Balaban J connectivity index is 2.15. The molecular weight excluding hydrogens is 300 g/mol. The Kier molecular flexibility index (Phi) is 4.21. The zero-order chi connectivity index (χ0) is 15.6. The summed E-state index contributed by atoms with van der Waals surface area (Å²) in [6.07, 6.45) is 0. The van der Waals surface area contributed by atoms with Gasteiger partial charge >= 0.3 is 0 Å². The Hall–Kier alpha value is -2.04. The third kappa shape index (κ3) is 3.35. The van der Waals surface area contributed by atoms with Crippen LogP contribution in [-0.2, 0) is 10.2 Å². The molecule has 0 aliphatic carbocycles. The highest BCUT2D eigenvalue weighted by Gasteiger charge is 2.29. The summed E-state index contributed by atoms with van der Waals surface area (Å²) in [5, 5.41) is 15.9. The lowest BCUT2D eigenvalue weighted by Gasteiger charge is -2.32. The number of rotatable bonds is 3. The van der Waals surface area contributed by atoms with E-state index >= 15 is 0 Å². The quantitative estimate of drug-likeness (QED) is 0.597. The molecule has 1 aliphatic heterocycles. The number of piperazine rings is 1. The Morgan fingerprint density at radius 2 is 1.76 bits per heavy atom. The van der Waals surface area contributed by atoms with E-state index in [2.05, 4.69) is 0 Å². The Morgan fingerprint density at radius 3 is 2.29 bits per heavy atom. The van der Waals surface area contributed by atoms with Crippen molar-refractivity contribution >= 4 is 21.8 Å². The molecule has 1 aromatic rings. The van der Waals surface area contributed by atoms with E-state index in [0.29, 0.717) is 0 Å². The van der Waals surface area contributed by atoms with Gasteiger partial charge in [-0.3, -0.25) is 14.9 Å². The predicted octanol–water partition coefficient (Wildman–Crippen LogP) is -0.444. The van der Waals surface area contributed by atoms with Crippen LogP contribution in [0.5, 0.6) is 0 Å². The standard InChI is InChI=1S/C11H14N4O5S/c12-21(19,20)14-7-5-13(6-8-14)11(16)9-3-1-2-4-10(9)15(17)18/h1-4H,5-8H2,(H2,12,19,20). The molecule has 114 valence electrons. The molecule has 0 spiro atoms. The number of amides is 1. The highest BCUT2D eigenvalue weighted by Crippen LogP contribution is 2.20. The SMILES string of the molecule is NS(=O)(=O)N1CCN(C(=O)c2ccccc2[N+](=O)[O-])CC1. The van der Waals surface area contributed by atoms with E-state index in [4.69, 9.17) is 5.14 Å². The minimum absolute atomic E-state index is 0.00782. The van der Waals surface area contributed by atoms with Crippen LogP contribution in [0.4, 0.5) is 5.69 Å². The summed E-state index contributed by atoms with van der Waals surface area (Å²) in [4.78, 5) is 24.0. The van der Waals surface area contributed by atoms with Gasteiger partial charge in [-0.15, -0.1) is 0 Å². The number of nitro groups is 1. The highest BCUT2D eigenvalue weighted by atomic mass is 32.2. The van der Waals surface area contributed by atoms with E-state index in [9.17, 15) is 23.3 Å². The van der Waals surface area contributed by atoms with E-state index in [0.717, 1.165) is 4.31 Å². The second-order valence-corrected chi connectivity index (χ2v) is 6.06. The third-order valence-corrected chi connectivity index (χ3v) is 4.30. The van der Waals surface area contributed by atoms with Crippen molar-refractivity contribution in [3.8, 4) is 0 Å². The van der Waals surface area contributed by atoms with Crippen LogP contribution in [0.25, 0.3) is 0 Å². The number of carbonyl (C=O) groups is 1. The molecular formula is C11H14N4O5S. The first-order chi connectivity index (χ1) is 9.80. The van der Waals surface area contributed by atoms with Crippen molar-refractivity contribution in [1.29, 1.82) is 0 Å². The lowest BCUT2D eigenvalue weighted by atomic mass is 10.1. The van der Waals surface area contributed by atoms with Gasteiger partial charge in [0.25, 0.3) is 21.8 Å². The summed E-state index contributed by atoms with van der Waals surface area (Å²) in [5.74, 6) is -0.489. The molecule has 1 aromatic carbocycles. The van der Waals surface area contributed by atoms with Gasteiger partial charge in [0.1, 0.15) is 5.56 Å². The van der Waals surface area contributed by atoms with Gasteiger partial charge < -0.3 is 4.90 Å². The minimum Gasteiger partial charge on any atom is -0.336 e. The van der Waals surface area contributed by atoms with Crippen molar-refractivity contribution in [1.82, 2.24) is 9.21 Å². The summed E-state index contributed by atoms with van der Waals surface area (Å²) < 4.78 is 23.4. The second-order valence-electron chi connectivity index (χ2n) is 4.51. The monoisotopic (exact) mass is 314 g/mol. The second kappa shape index (κ2) is 5.76. The fourth-order valence-electron chi connectivity index (χ4n) is 2.13. The fraction of sp³-hybridized carbons (Fsp3) is 0.364. The van der Waals surface area contributed by atoms with Gasteiger partial charge in [0.2, 0.25) is 0 Å². The largest absolute Gasteiger partial charge is 0.336 e. The third-order valence-electron chi connectivity index (χ3n) is 3.22. The van der Waals surface area contributed by atoms with Gasteiger partial charge in [0.15, 0.2) is 0 Å². The van der Waals surface area contributed by atoms with E-state index in [1.807, 2.05) is 0 Å². The van der Waals surface area contributed by atoms with Crippen molar-refractivity contribution in [3.63, 3.8) is 0 Å². The molecule has 9 nitrogen and oxygen atoms in total. The molecule has 1 saturated heterocycles. The van der Waals surface area contributed by atoms with Crippen molar-refractivity contribution in [2.45, 2.75) is 0 Å². The topological polar surface area (TPSA) is 127 Å². The van der Waals surface area contributed by atoms with Crippen LogP contribution >= 0.6 is 0 Å². The van der Waals surface area contributed by atoms with Crippen molar-refractivity contribution in [2.75, 3.05) is 26.2 Å². The molecule has 0 unspecified atom stereocenters. The van der Waals surface area contributed by atoms with E-state index < -0.39 is 21.0 Å². The lowest BCUT2D eigenvalue weighted by molar-refractivity contribution is -0.385. The molecule has 0 radical (unpaired) electrons. The number of benzene rings is 1. The molecule has 2 N–H and O–H groups in total. The zero-order valence-electron chi connectivity index (χ0n) is 11.0. The first kappa shape index (κ1) is 15.4. The summed E-state index contributed by atoms with van der Waals surface area (Å²) in [6, 6.07) is 5.66. The lowest BCUT2D eigenvalue weighted by Crippen LogP contribution is -2.52. The summed E-state index contributed by atoms with van der Waals surface area (Å²) in [7, 11) is -3.77. The molecule has 2 rings (SSSR count). The summed E-state index contributed by atoms with van der Waals surface area (Å²) in [6.45, 7) is 0.430. The zero-order valence-corrected chi connectivity index (χ0v) is 11.8. The summed E-state index contributed by atoms with van der Waals surface area (Å²) in [5.41, 5.74) is -0.275. The van der Waals surface area contributed by atoms with E-state index in [-0.39, 0.29) is 37.4 Å². The minimum atomic E-state index is -3.77. The average Bonchev–Trinajstić information content (AvgIpc) is 2.45. The number of nitrogens with two attached hydrogens (primary N) is 1. The maximum Gasteiger partial charge on any atom is 0.282 e. The molecule has 1 fully saturated rings. The molecule has 0 aromatic heterocycles. The van der Waals surface area contributed by atoms with Crippen molar-refractivity contribution in [3.05, 3.63) is 39.9 Å². The van der Waals surface area contributed by atoms with Crippen LogP contribution in [0.3, 0.4) is 0 Å². The average molecular weight is 314 g/mol. The Morgan fingerprint density at radius 1 is 1.19 bits per heavy atom. The molecule has 21 heavy (non-hydrogen) atoms. The van der Waals surface area contributed by atoms with Crippen LogP contribution in [0.2, 0.25) is 0 Å². The Bertz CT molecular complexity index is 667. The van der Waals surface area contributed by atoms with Gasteiger partial charge in [-0.1, -0.05) is 12.1 Å². The number of para-hydroxylation sites is 1. The van der Waals surface area contributed by atoms with Gasteiger partial charge in [0.05, 0.1) is 4.92 Å². The fourth-order valence-corrected chi connectivity index (χ4v) is 2.80. The van der Waals surface area contributed by atoms with Gasteiger partial charge in [-0.05, 0) is 6.07 Å². The van der Waals surface area contributed by atoms with Crippen LogP contribution in [0.15, 0.2) is 24.3 Å². The number of carbonyl (C=O) groups excluding carboxylic acids is 1. The normalized spacial score (nSPS) is 16.7. The predicted molar refractivity (Wildman–Crippen MR) is 73.7 cm³/mol. The smallest absolute Gasteiger partial charge is 0.282 e. The van der Waals surface area contributed by atoms with Crippen LogP contribution < -0.4 is 5.14 Å². The molecule has 1 aliphatic rings. The molecule has 1 heterocycles. The molecule has 1 amide bonds. The van der Waals surface area contributed by atoms with Crippen LogP contribution in [0, 0.1) is 10.1 Å². The number of hydrogen-bond acceptors (Lipinski definition) is 5. The van der Waals surface area contributed by atoms with E-state index in [1.165, 1.54) is 23.1 Å². The van der Waals surface area contributed by atoms with Crippen LogP contribution in [-0.4, -0.2) is 54.6 Å². The van der Waals surface area contributed by atoms with Gasteiger partial charge in [-0.2, -0.15) is 12.7 Å². The van der Waals surface area contributed by atoms with Crippen LogP contribution in [0.1, 0.15) is 10.4 Å². The van der Waals surface area contributed by atoms with Crippen molar-refractivity contribution in [2.24, 2.45) is 5.14 Å². The number of hydrogen-bond donors (Lipinski definition) is 1. The maximum absolute atomic E-state index is 12.3. The molecule has 10 heteroatoms. The Labute approximate surface area is 121 Å². The van der Waals surface area contributed by atoms with Gasteiger partial charge in [0, 0.05) is 32.2 Å². The summed E-state index contributed by atoms with van der Waals surface area (Å²) >= 11 is 0. The molecule has 0 bridgehead atoms. The van der Waals surface area contributed by atoms with E-state index in [1.54, 1.807) is 6.07 Å².